The molecular formula is C25H22N6O. The average molecular weight is 422 g/mol. The monoisotopic (exact) mass is 422 g/mol. The Bertz CT molecular complexity index is 1300. The van der Waals surface area contributed by atoms with Crippen LogP contribution in [-0.2, 0) is 0 Å². The SMILES string of the molecule is COc1ccccc1-c1cc(NC(Nc2nc3ccccc3[nH]2)c2ccccc2)ncn1. The summed E-state index contributed by atoms with van der Waals surface area (Å²) in [6, 6.07) is 27.7. The van der Waals surface area contributed by atoms with Gasteiger partial charge in [0.05, 0.1) is 23.8 Å². The molecule has 7 nitrogen and oxygen atoms in total. The highest BCUT2D eigenvalue weighted by atomic mass is 16.5. The van der Waals surface area contributed by atoms with Gasteiger partial charge in [0.1, 0.15) is 24.1 Å². The second kappa shape index (κ2) is 8.77. The molecule has 158 valence electrons. The number of hydrogen-bond acceptors (Lipinski definition) is 6. The third-order valence-electron chi connectivity index (χ3n) is 5.15. The Kier molecular flexibility index (Phi) is 5.36. The maximum atomic E-state index is 5.49. The van der Waals surface area contributed by atoms with Gasteiger partial charge in [0.25, 0.3) is 0 Å². The third-order valence-corrected chi connectivity index (χ3v) is 5.15. The van der Waals surface area contributed by atoms with Crippen LogP contribution in [0.4, 0.5) is 11.8 Å². The molecule has 3 aromatic carbocycles. The van der Waals surface area contributed by atoms with Crippen LogP contribution in [0, 0.1) is 0 Å². The first kappa shape index (κ1) is 19.6. The Morgan fingerprint density at radius 1 is 0.844 bits per heavy atom. The van der Waals surface area contributed by atoms with E-state index < -0.39 is 0 Å². The number of methoxy groups -OCH3 is 1. The molecule has 0 aliphatic rings. The van der Waals surface area contributed by atoms with E-state index in [-0.39, 0.29) is 6.17 Å². The Balaban J connectivity index is 1.46. The number of nitrogens with zero attached hydrogens (tertiary/aromatic N) is 3. The minimum Gasteiger partial charge on any atom is -0.496 e. The fourth-order valence-electron chi connectivity index (χ4n) is 3.59. The Morgan fingerprint density at radius 2 is 1.62 bits per heavy atom. The van der Waals surface area contributed by atoms with Crippen molar-refractivity contribution in [3.05, 3.63) is 96.8 Å². The number of anilines is 2. The van der Waals surface area contributed by atoms with Gasteiger partial charge in [-0.15, -0.1) is 0 Å². The summed E-state index contributed by atoms with van der Waals surface area (Å²) in [5.41, 5.74) is 4.60. The fraction of sp³-hybridized carbons (Fsp3) is 0.0800. The Morgan fingerprint density at radius 3 is 2.47 bits per heavy atom. The van der Waals surface area contributed by atoms with Gasteiger partial charge in [-0.2, -0.15) is 0 Å². The van der Waals surface area contributed by atoms with Crippen molar-refractivity contribution in [3.8, 4) is 17.0 Å². The molecule has 0 radical (unpaired) electrons. The van der Waals surface area contributed by atoms with Crippen molar-refractivity contribution in [2.75, 3.05) is 17.7 Å². The minimum atomic E-state index is -0.266. The van der Waals surface area contributed by atoms with Gasteiger partial charge in [-0.3, -0.25) is 0 Å². The second-order valence-electron chi connectivity index (χ2n) is 7.22. The van der Waals surface area contributed by atoms with Gasteiger partial charge in [0.15, 0.2) is 0 Å². The zero-order chi connectivity index (χ0) is 21.8. The highest BCUT2D eigenvalue weighted by Gasteiger charge is 2.15. The maximum Gasteiger partial charge on any atom is 0.203 e. The zero-order valence-corrected chi connectivity index (χ0v) is 17.5. The maximum absolute atomic E-state index is 5.49. The minimum absolute atomic E-state index is 0.266. The summed E-state index contributed by atoms with van der Waals surface area (Å²) in [5, 5.41) is 6.92. The molecule has 32 heavy (non-hydrogen) atoms. The molecule has 0 saturated heterocycles. The molecule has 2 heterocycles. The van der Waals surface area contributed by atoms with Crippen molar-refractivity contribution in [1.82, 2.24) is 19.9 Å². The smallest absolute Gasteiger partial charge is 0.203 e. The summed E-state index contributed by atoms with van der Waals surface area (Å²) in [7, 11) is 1.65. The number of imidazole rings is 1. The van der Waals surface area contributed by atoms with Crippen molar-refractivity contribution >= 4 is 22.8 Å². The van der Waals surface area contributed by atoms with E-state index in [9.17, 15) is 0 Å². The molecular weight excluding hydrogens is 400 g/mol. The highest BCUT2D eigenvalue weighted by molar-refractivity contribution is 5.77. The number of benzene rings is 3. The van der Waals surface area contributed by atoms with Gasteiger partial charge >= 0.3 is 0 Å². The first-order valence-electron chi connectivity index (χ1n) is 10.3. The average Bonchev–Trinajstić information content (AvgIpc) is 3.27. The molecule has 0 aliphatic heterocycles. The van der Waals surface area contributed by atoms with E-state index in [2.05, 4.69) is 42.7 Å². The van der Waals surface area contributed by atoms with Gasteiger partial charge in [-0.05, 0) is 29.8 Å². The summed E-state index contributed by atoms with van der Waals surface area (Å²) >= 11 is 0. The molecule has 0 bridgehead atoms. The molecule has 0 aliphatic carbocycles. The summed E-state index contributed by atoms with van der Waals surface area (Å²) in [6.07, 6.45) is 1.28. The molecule has 3 N–H and O–H groups in total. The van der Waals surface area contributed by atoms with Crippen molar-refractivity contribution in [3.63, 3.8) is 0 Å². The van der Waals surface area contributed by atoms with E-state index in [1.165, 1.54) is 0 Å². The number of fused-ring (bicyclic) bond motifs is 1. The van der Waals surface area contributed by atoms with Crippen LogP contribution in [0.15, 0.2) is 91.3 Å². The predicted molar refractivity (Wildman–Crippen MR) is 127 cm³/mol. The lowest BCUT2D eigenvalue weighted by molar-refractivity contribution is 0.416. The number of ether oxygens (including phenoxy) is 1. The lowest BCUT2D eigenvalue weighted by Crippen LogP contribution is -2.21. The summed E-state index contributed by atoms with van der Waals surface area (Å²) in [5.74, 6) is 2.11. The van der Waals surface area contributed by atoms with E-state index in [0.717, 1.165) is 33.6 Å². The van der Waals surface area contributed by atoms with Crippen LogP contribution in [-0.4, -0.2) is 27.0 Å². The van der Waals surface area contributed by atoms with Crippen LogP contribution in [0.25, 0.3) is 22.3 Å². The number of aromatic amines is 1. The number of hydrogen-bond donors (Lipinski definition) is 3. The number of nitrogens with one attached hydrogen (secondary N) is 3. The predicted octanol–water partition coefficient (Wildman–Crippen LogP) is 5.25. The van der Waals surface area contributed by atoms with Crippen LogP contribution in [0.3, 0.4) is 0 Å². The fourth-order valence-corrected chi connectivity index (χ4v) is 3.59. The molecule has 0 saturated carbocycles. The van der Waals surface area contributed by atoms with E-state index in [0.29, 0.717) is 11.8 Å². The van der Waals surface area contributed by atoms with Crippen molar-refractivity contribution in [1.29, 1.82) is 0 Å². The van der Waals surface area contributed by atoms with Crippen LogP contribution in [0.1, 0.15) is 11.7 Å². The first-order chi connectivity index (χ1) is 15.8. The quantitative estimate of drug-likeness (QED) is 0.311. The van der Waals surface area contributed by atoms with E-state index in [1.54, 1.807) is 13.4 Å². The molecule has 7 heteroatoms. The van der Waals surface area contributed by atoms with Crippen LogP contribution < -0.4 is 15.4 Å². The highest BCUT2D eigenvalue weighted by Crippen LogP contribution is 2.29. The van der Waals surface area contributed by atoms with E-state index >= 15 is 0 Å². The van der Waals surface area contributed by atoms with Crippen molar-refractivity contribution < 1.29 is 4.74 Å². The van der Waals surface area contributed by atoms with E-state index in [1.807, 2.05) is 72.8 Å². The molecule has 0 spiro atoms. The van der Waals surface area contributed by atoms with E-state index in [4.69, 9.17) is 4.74 Å². The van der Waals surface area contributed by atoms with Gasteiger partial charge < -0.3 is 20.4 Å². The Labute approximate surface area is 185 Å². The van der Waals surface area contributed by atoms with Gasteiger partial charge in [0.2, 0.25) is 5.95 Å². The second-order valence-corrected chi connectivity index (χ2v) is 7.22. The number of rotatable bonds is 7. The van der Waals surface area contributed by atoms with Gasteiger partial charge in [-0.1, -0.05) is 54.6 Å². The summed E-state index contributed by atoms with van der Waals surface area (Å²) in [4.78, 5) is 16.9. The molecule has 0 amide bonds. The molecule has 5 aromatic rings. The summed E-state index contributed by atoms with van der Waals surface area (Å²) < 4.78 is 5.49. The largest absolute Gasteiger partial charge is 0.496 e. The van der Waals surface area contributed by atoms with Crippen LogP contribution in [0.5, 0.6) is 5.75 Å². The van der Waals surface area contributed by atoms with Crippen molar-refractivity contribution in [2.24, 2.45) is 0 Å². The molecule has 1 unspecified atom stereocenters. The summed E-state index contributed by atoms with van der Waals surface area (Å²) in [6.45, 7) is 0. The van der Waals surface area contributed by atoms with Gasteiger partial charge in [-0.25, -0.2) is 15.0 Å². The lowest BCUT2D eigenvalue weighted by atomic mass is 10.1. The van der Waals surface area contributed by atoms with Crippen molar-refractivity contribution in [2.45, 2.75) is 6.17 Å². The standard InChI is InChI=1S/C25H22N6O/c1-32-22-14-8-5-11-18(22)21-15-23(27-16-26-21)30-24(17-9-3-2-4-10-17)31-25-28-19-12-6-7-13-20(19)29-25/h2-16,24H,1H3,(H,26,27,30)(H2,28,29,31). The topological polar surface area (TPSA) is 87.8 Å². The third kappa shape index (κ3) is 4.09. The van der Waals surface area contributed by atoms with Crippen LogP contribution in [0.2, 0.25) is 0 Å². The van der Waals surface area contributed by atoms with Gasteiger partial charge in [0, 0.05) is 11.6 Å². The molecule has 0 fully saturated rings. The van der Waals surface area contributed by atoms with Crippen LogP contribution >= 0.6 is 0 Å². The number of para-hydroxylation sites is 3. The lowest BCUT2D eigenvalue weighted by Gasteiger charge is -2.21. The first-order valence-corrected chi connectivity index (χ1v) is 10.3. The molecule has 1 atom stereocenters. The zero-order valence-electron chi connectivity index (χ0n) is 17.5. The molecule has 2 aromatic heterocycles. The number of aromatic nitrogens is 4. The molecule has 5 rings (SSSR count). The normalized spacial score (nSPS) is 11.8. The number of H-pyrrole nitrogens is 1. The Hall–Kier alpha value is -4.39.